The molecule has 0 spiro atoms. The SMILES string of the molecule is c1ccc(COC[C@H]2O[C@H](OCCC3OCCO3)[C@H](OCc3ccccc3)[C@@H](OCc3ccccc3)[C@@H]2OCc2ccccc2)cc1. The lowest BCUT2D eigenvalue weighted by Gasteiger charge is -2.46. The fourth-order valence-electron chi connectivity index (χ4n) is 5.74. The summed E-state index contributed by atoms with van der Waals surface area (Å²) >= 11 is 0. The highest BCUT2D eigenvalue weighted by molar-refractivity contribution is 5.16. The Kier molecular flexibility index (Phi) is 13.0. The third-order valence-electron chi connectivity index (χ3n) is 8.17. The van der Waals surface area contributed by atoms with Crippen molar-refractivity contribution in [2.45, 2.75) is 69.8 Å². The molecular formula is C39H44O8. The molecule has 5 atom stereocenters. The van der Waals surface area contributed by atoms with E-state index in [1.807, 2.05) is 109 Å². The summed E-state index contributed by atoms with van der Waals surface area (Å²) in [6.07, 6.45) is -2.62. The summed E-state index contributed by atoms with van der Waals surface area (Å²) in [5.41, 5.74) is 4.22. The van der Waals surface area contributed by atoms with Crippen LogP contribution in [0.1, 0.15) is 28.7 Å². The molecule has 6 rings (SSSR count). The average molecular weight is 641 g/mol. The number of hydrogen-bond donors (Lipinski definition) is 0. The highest BCUT2D eigenvalue weighted by Crippen LogP contribution is 2.32. The van der Waals surface area contributed by atoms with Gasteiger partial charge in [-0.15, -0.1) is 0 Å². The van der Waals surface area contributed by atoms with Crippen LogP contribution in [0.4, 0.5) is 0 Å². The van der Waals surface area contributed by atoms with E-state index < -0.39 is 30.7 Å². The molecular weight excluding hydrogens is 596 g/mol. The summed E-state index contributed by atoms with van der Waals surface area (Å²) in [4.78, 5) is 0. The van der Waals surface area contributed by atoms with Gasteiger partial charge in [0.05, 0.1) is 52.9 Å². The first-order valence-corrected chi connectivity index (χ1v) is 16.4. The standard InChI is InChI=1S/C39H44O8/c1-5-13-30(14-6-1)25-40-29-34-36(44-26-31-15-7-2-8-16-31)37(45-27-32-17-9-3-10-18-32)38(46-28-33-19-11-4-12-20-33)39(47-34)43-22-21-35-41-23-24-42-35/h1-20,34-39H,21-29H2/t34-,36-,37+,38-,39+/m1/s1. The molecule has 0 N–H and O–H groups in total. The maximum atomic E-state index is 6.76. The van der Waals surface area contributed by atoms with Gasteiger partial charge in [0.2, 0.25) is 0 Å². The second kappa shape index (κ2) is 18.2. The molecule has 0 amide bonds. The zero-order valence-electron chi connectivity index (χ0n) is 26.6. The highest BCUT2D eigenvalue weighted by Gasteiger charge is 2.49. The van der Waals surface area contributed by atoms with Gasteiger partial charge < -0.3 is 37.9 Å². The van der Waals surface area contributed by atoms with E-state index in [2.05, 4.69) is 12.1 Å². The Morgan fingerprint density at radius 2 is 0.936 bits per heavy atom. The molecule has 248 valence electrons. The van der Waals surface area contributed by atoms with E-state index in [1.165, 1.54) is 0 Å². The van der Waals surface area contributed by atoms with Crippen molar-refractivity contribution in [3.05, 3.63) is 144 Å². The maximum Gasteiger partial charge on any atom is 0.186 e. The summed E-state index contributed by atoms with van der Waals surface area (Å²) in [5.74, 6) is 0. The maximum absolute atomic E-state index is 6.76. The topological polar surface area (TPSA) is 73.8 Å². The fraction of sp³-hybridized carbons (Fsp3) is 0.385. The molecule has 2 aliphatic heterocycles. The Morgan fingerprint density at radius 1 is 0.489 bits per heavy atom. The quantitative estimate of drug-likeness (QED) is 0.130. The minimum atomic E-state index is -0.747. The Hall–Kier alpha value is -3.44. The van der Waals surface area contributed by atoms with Crippen LogP contribution in [-0.4, -0.2) is 63.4 Å². The second-order valence-corrected chi connectivity index (χ2v) is 11.7. The monoisotopic (exact) mass is 640 g/mol. The van der Waals surface area contributed by atoms with Crippen molar-refractivity contribution in [1.82, 2.24) is 0 Å². The first-order valence-electron chi connectivity index (χ1n) is 16.4. The molecule has 2 heterocycles. The number of benzene rings is 4. The molecule has 2 fully saturated rings. The van der Waals surface area contributed by atoms with Gasteiger partial charge in [0.25, 0.3) is 0 Å². The van der Waals surface area contributed by atoms with Crippen molar-refractivity contribution in [2.24, 2.45) is 0 Å². The summed E-state index contributed by atoms with van der Waals surface area (Å²) < 4.78 is 50.8. The largest absolute Gasteiger partial charge is 0.374 e. The van der Waals surface area contributed by atoms with Gasteiger partial charge in [-0.1, -0.05) is 121 Å². The average Bonchev–Trinajstić information content (AvgIpc) is 3.65. The van der Waals surface area contributed by atoms with Gasteiger partial charge >= 0.3 is 0 Å². The van der Waals surface area contributed by atoms with E-state index in [1.54, 1.807) is 0 Å². The third kappa shape index (κ3) is 10.3. The smallest absolute Gasteiger partial charge is 0.186 e. The lowest BCUT2D eigenvalue weighted by atomic mass is 9.97. The number of ether oxygens (including phenoxy) is 8. The van der Waals surface area contributed by atoms with Crippen LogP contribution in [0.3, 0.4) is 0 Å². The molecule has 2 aliphatic rings. The fourth-order valence-corrected chi connectivity index (χ4v) is 5.74. The molecule has 8 heteroatoms. The zero-order valence-corrected chi connectivity index (χ0v) is 26.6. The lowest BCUT2D eigenvalue weighted by Crippen LogP contribution is -2.61. The van der Waals surface area contributed by atoms with Crippen LogP contribution >= 0.6 is 0 Å². The predicted octanol–water partition coefficient (Wildman–Crippen LogP) is 6.46. The molecule has 2 saturated heterocycles. The normalized spacial score (nSPS) is 23.2. The highest BCUT2D eigenvalue weighted by atomic mass is 16.7. The predicted molar refractivity (Wildman–Crippen MR) is 176 cm³/mol. The van der Waals surface area contributed by atoms with E-state index in [9.17, 15) is 0 Å². The Morgan fingerprint density at radius 3 is 1.45 bits per heavy atom. The second-order valence-electron chi connectivity index (χ2n) is 11.7. The van der Waals surface area contributed by atoms with Gasteiger partial charge in [-0.3, -0.25) is 0 Å². The number of hydrogen-bond acceptors (Lipinski definition) is 8. The minimum Gasteiger partial charge on any atom is -0.374 e. The van der Waals surface area contributed by atoms with Crippen LogP contribution in [0.2, 0.25) is 0 Å². The Labute approximate surface area is 277 Å². The molecule has 0 saturated carbocycles. The van der Waals surface area contributed by atoms with Gasteiger partial charge in [-0.05, 0) is 22.3 Å². The first kappa shape index (κ1) is 33.5. The van der Waals surface area contributed by atoms with Crippen LogP contribution in [0.15, 0.2) is 121 Å². The van der Waals surface area contributed by atoms with Crippen molar-refractivity contribution >= 4 is 0 Å². The molecule has 0 unspecified atom stereocenters. The summed E-state index contributed by atoms with van der Waals surface area (Å²) in [6, 6.07) is 40.4. The Bertz CT molecular complexity index is 1400. The van der Waals surface area contributed by atoms with Crippen LogP contribution < -0.4 is 0 Å². The lowest BCUT2D eigenvalue weighted by molar-refractivity contribution is -0.329. The van der Waals surface area contributed by atoms with Gasteiger partial charge in [-0.25, -0.2) is 0 Å². The zero-order chi connectivity index (χ0) is 31.9. The van der Waals surface area contributed by atoms with Gasteiger partial charge in [0.1, 0.15) is 24.4 Å². The van der Waals surface area contributed by atoms with E-state index >= 15 is 0 Å². The van der Waals surface area contributed by atoms with E-state index in [-0.39, 0.29) is 12.9 Å². The summed E-state index contributed by atoms with van der Waals surface area (Å²) in [6.45, 7) is 3.36. The van der Waals surface area contributed by atoms with Crippen LogP contribution in [0.5, 0.6) is 0 Å². The molecule has 0 radical (unpaired) electrons. The molecule has 8 nitrogen and oxygen atoms in total. The van der Waals surface area contributed by atoms with Crippen molar-refractivity contribution in [3.8, 4) is 0 Å². The van der Waals surface area contributed by atoms with Crippen LogP contribution in [0.25, 0.3) is 0 Å². The molecule has 0 aliphatic carbocycles. The van der Waals surface area contributed by atoms with E-state index in [4.69, 9.17) is 37.9 Å². The Balaban J connectivity index is 1.26. The first-order chi connectivity index (χ1) is 23.3. The van der Waals surface area contributed by atoms with E-state index in [0.29, 0.717) is 52.7 Å². The number of rotatable bonds is 17. The molecule has 4 aromatic carbocycles. The van der Waals surface area contributed by atoms with Gasteiger partial charge in [0, 0.05) is 6.42 Å². The van der Waals surface area contributed by atoms with Crippen LogP contribution in [0, 0.1) is 0 Å². The summed E-state index contributed by atoms with van der Waals surface area (Å²) in [5, 5.41) is 0. The minimum absolute atomic E-state index is 0.277. The van der Waals surface area contributed by atoms with Crippen molar-refractivity contribution in [3.63, 3.8) is 0 Å². The van der Waals surface area contributed by atoms with Gasteiger partial charge in [0.15, 0.2) is 12.6 Å². The van der Waals surface area contributed by atoms with Crippen molar-refractivity contribution in [1.29, 1.82) is 0 Å². The third-order valence-corrected chi connectivity index (χ3v) is 8.17. The molecule has 0 aromatic heterocycles. The van der Waals surface area contributed by atoms with E-state index in [0.717, 1.165) is 22.3 Å². The molecule has 0 bridgehead atoms. The molecule has 4 aromatic rings. The van der Waals surface area contributed by atoms with Crippen molar-refractivity contribution < 1.29 is 37.9 Å². The summed E-state index contributed by atoms with van der Waals surface area (Å²) in [7, 11) is 0. The van der Waals surface area contributed by atoms with Gasteiger partial charge in [-0.2, -0.15) is 0 Å². The molecule has 47 heavy (non-hydrogen) atoms. The van der Waals surface area contributed by atoms with Crippen molar-refractivity contribution in [2.75, 3.05) is 26.4 Å². The van der Waals surface area contributed by atoms with Crippen LogP contribution in [-0.2, 0) is 64.3 Å².